The number of piperidine rings is 1. The van der Waals surface area contributed by atoms with Crippen molar-refractivity contribution < 1.29 is 14.7 Å². The second-order valence-corrected chi connectivity index (χ2v) is 10.1. The minimum Gasteiger partial charge on any atom is -0.390 e. The molecular weight excluding hydrogens is 414 g/mol. The number of rotatable bonds is 6. The third-order valence-electron chi connectivity index (χ3n) is 8.08. The van der Waals surface area contributed by atoms with Crippen LogP contribution in [0.2, 0.25) is 0 Å². The molecule has 2 amide bonds. The molecule has 2 saturated heterocycles. The molecule has 3 unspecified atom stereocenters. The Morgan fingerprint density at radius 2 is 1.61 bits per heavy atom. The number of likely N-dealkylation sites (tertiary alicyclic amines) is 1. The van der Waals surface area contributed by atoms with Crippen LogP contribution in [0.4, 0.5) is 0 Å². The first-order chi connectivity index (χ1) is 14.2. The molecule has 2 bridgehead atoms. The van der Waals surface area contributed by atoms with E-state index in [1.807, 2.05) is 26.8 Å². The van der Waals surface area contributed by atoms with E-state index in [4.69, 9.17) is 0 Å². The van der Waals surface area contributed by atoms with Gasteiger partial charge in [-0.15, -0.1) is 12.4 Å². The van der Waals surface area contributed by atoms with Crippen LogP contribution in [0.3, 0.4) is 0 Å². The summed E-state index contributed by atoms with van der Waals surface area (Å²) < 4.78 is 0. The Labute approximate surface area is 192 Å². The fourth-order valence-corrected chi connectivity index (χ4v) is 5.61. The van der Waals surface area contributed by atoms with E-state index in [1.165, 1.54) is 10.5 Å². The smallest absolute Gasteiger partial charge is 0.235 e. The second kappa shape index (κ2) is 9.18. The lowest BCUT2D eigenvalue weighted by Crippen LogP contribution is -2.61. The molecule has 1 aromatic rings. The molecule has 7 heteroatoms. The molecule has 4 rings (SSSR count). The number of carbonyl (C=O) groups is 2. The number of aliphatic hydroxyl groups is 1. The number of nitrogens with zero attached hydrogens (tertiary/aromatic N) is 3. The minimum atomic E-state index is -0.706. The number of β-amino-alcohol motifs (C(OH)–C–C–N with tert-alkyl or cyclic N) is 1. The highest BCUT2D eigenvalue weighted by atomic mass is 35.5. The Balaban J connectivity index is 0.00000272. The van der Waals surface area contributed by atoms with Crippen LogP contribution in [-0.2, 0) is 16.1 Å². The summed E-state index contributed by atoms with van der Waals surface area (Å²) in [6.45, 7) is 11.3. The maximum absolute atomic E-state index is 13.1. The number of halogens is 1. The highest BCUT2D eigenvalue weighted by molar-refractivity contribution is 6.03. The van der Waals surface area contributed by atoms with Gasteiger partial charge in [-0.25, -0.2) is 0 Å². The molecule has 3 aliphatic rings. The molecule has 1 N–H and O–H groups in total. The van der Waals surface area contributed by atoms with Crippen molar-refractivity contribution in [2.24, 2.45) is 16.7 Å². The fraction of sp³-hybridized carbons (Fsp3) is 0.667. The van der Waals surface area contributed by atoms with E-state index in [2.05, 4.69) is 34.1 Å². The van der Waals surface area contributed by atoms with Crippen molar-refractivity contribution in [2.45, 2.75) is 46.3 Å². The SMILES string of the molecule is CC12CCC(C(=O)N(CC(O)CN3CCN(Cc4ccccc4)CC3)C1=O)C2(C)C.Cl. The van der Waals surface area contributed by atoms with Gasteiger partial charge in [0.2, 0.25) is 11.8 Å². The summed E-state index contributed by atoms with van der Waals surface area (Å²) in [5, 5.41) is 10.7. The summed E-state index contributed by atoms with van der Waals surface area (Å²) in [7, 11) is 0. The van der Waals surface area contributed by atoms with Crippen molar-refractivity contribution in [2.75, 3.05) is 39.3 Å². The molecule has 3 atom stereocenters. The van der Waals surface area contributed by atoms with Gasteiger partial charge < -0.3 is 5.11 Å². The van der Waals surface area contributed by atoms with E-state index >= 15 is 0 Å². The van der Waals surface area contributed by atoms with E-state index in [9.17, 15) is 14.7 Å². The monoisotopic (exact) mass is 449 g/mol. The van der Waals surface area contributed by atoms with Crippen LogP contribution in [0.25, 0.3) is 0 Å². The molecule has 1 aromatic carbocycles. The first-order valence-corrected chi connectivity index (χ1v) is 11.2. The lowest BCUT2D eigenvalue weighted by atomic mass is 9.62. The molecule has 1 saturated carbocycles. The van der Waals surface area contributed by atoms with Gasteiger partial charge in [0, 0.05) is 45.2 Å². The van der Waals surface area contributed by atoms with Crippen LogP contribution in [0.1, 0.15) is 39.2 Å². The number of benzene rings is 1. The van der Waals surface area contributed by atoms with Gasteiger partial charge in [0.1, 0.15) is 0 Å². The number of imide groups is 1. The first-order valence-electron chi connectivity index (χ1n) is 11.2. The highest BCUT2D eigenvalue weighted by Crippen LogP contribution is 2.60. The molecule has 1 aliphatic carbocycles. The van der Waals surface area contributed by atoms with E-state index in [-0.39, 0.29) is 42.1 Å². The molecule has 31 heavy (non-hydrogen) atoms. The van der Waals surface area contributed by atoms with Crippen LogP contribution in [-0.4, -0.2) is 77.0 Å². The number of hydrogen-bond donors (Lipinski definition) is 1. The number of amides is 2. The van der Waals surface area contributed by atoms with Crippen molar-refractivity contribution in [1.29, 1.82) is 0 Å². The largest absolute Gasteiger partial charge is 0.390 e. The Morgan fingerprint density at radius 1 is 1.00 bits per heavy atom. The van der Waals surface area contributed by atoms with Crippen LogP contribution in [0.15, 0.2) is 30.3 Å². The zero-order valence-electron chi connectivity index (χ0n) is 18.9. The predicted octanol–water partition coefficient (Wildman–Crippen LogP) is 2.40. The molecule has 0 spiro atoms. The maximum atomic E-state index is 13.1. The summed E-state index contributed by atoms with van der Waals surface area (Å²) in [6.07, 6.45) is 0.817. The Bertz CT molecular complexity index is 795. The van der Waals surface area contributed by atoms with Crippen LogP contribution < -0.4 is 0 Å². The Morgan fingerprint density at radius 3 is 2.26 bits per heavy atom. The summed E-state index contributed by atoms with van der Waals surface area (Å²) >= 11 is 0. The Kier molecular flexibility index (Phi) is 7.16. The van der Waals surface area contributed by atoms with Crippen molar-refractivity contribution in [1.82, 2.24) is 14.7 Å². The third-order valence-corrected chi connectivity index (χ3v) is 8.08. The highest BCUT2D eigenvalue weighted by Gasteiger charge is 2.64. The Hall–Kier alpha value is -1.47. The van der Waals surface area contributed by atoms with Crippen molar-refractivity contribution in [3.63, 3.8) is 0 Å². The van der Waals surface area contributed by atoms with Gasteiger partial charge in [0.05, 0.1) is 18.1 Å². The molecule has 2 aliphatic heterocycles. The molecular formula is C24H36ClN3O3. The van der Waals surface area contributed by atoms with Crippen molar-refractivity contribution in [3.8, 4) is 0 Å². The molecule has 3 fully saturated rings. The molecule has 0 aromatic heterocycles. The van der Waals surface area contributed by atoms with Crippen molar-refractivity contribution >= 4 is 24.2 Å². The average Bonchev–Trinajstić information content (AvgIpc) is 2.91. The normalized spacial score (nSPS) is 29.7. The lowest BCUT2D eigenvalue weighted by molar-refractivity contribution is -0.169. The number of hydrogen-bond acceptors (Lipinski definition) is 5. The predicted molar refractivity (Wildman–Crippen MR) is 123 cm³/mol. The molecule has 2 heterocycles. The van der Waals surface area contributed by atoms with E-state index < -0.39 is 11.5 Å². The first kappa shape index (κ1) is 24.2. The molecule has 172 valence electrons. The number of fused-ring (bicyclic) bond motifs is 2. The summed E-state index contributed by atoms with van der Waals surface area (Å²) in [4.78, 5) is 32.1. The van der Waals surface area contributed by atoms with Gasteiger partial charge in [0.25, 0.3) is 0 Å². The topological polar surface area (TPSA) is 64.1 Å². The standard InChI is InChI=1S/C24H35N3O3.ClH/c1-23(2)20-9-10-24(23,3)22(30)27(21(20)29)17-19(28)16-26-13-11-25(12-14-26)15-18-7-5-4-6-8-18;/h4-8,19-20,28H,9-17H2,1-3H3;1H. The second-order valence-electron chi connectivity index (χ2n) is 10.1. The average molecular weight is 450 g/mol. The summed E-state index contributed by atoms with van der Waals surface area (Å²) in [5.74, 6) is -0.307. The van der Waals surface area contributed by atoms with Gasteiger partial charge in [-0.3, -0.25) is 24.3 Å². The quantitative estimate of drug-likeness (QED) is 0.675. The van der Waals surface area contributed by atoms with Gasteiger partial charge in [-0.05, 0) is 23.8 Å². The van der Waals surface area contributed by atoms with E-state index in [0.717, 1.165) is 45.6 Å². The minimum absolute atomic E-state index is 0. The van der Waals surface area contributed by atoms with Gasteiger partial charge >= 0.3 is 0 Å². The summed E-state index contributed by atoms with van der Waals surface area (Å²) in [5.41, 5.74) is 0.505. The zero-order chi connectivity index (χ0) is 21.5. The third kappa shape index (κ3) is 4.40. The van der Waals surface area contributed by atoms with Crippen LogP contribution in [0.5, 0.6) is 0 Å². The number of aliphatic hydroxyl groups excluding tert-OH is 1. The molecule has 0 radical (unpaired) electrons. The lowest BCUT2D eigenvalue weighted by Gasteiger charge is -2.48. The van der Waals surface area contributed by atoms with E-state index in [0.29, 0.717) is 6.54 Å². The van der Waals surface area contributed by atoms with Crippen LogP contribution in [0, 0.1) is 16.7 Å². The summed E-state index contributed by atoms with van der Waals surface area (Å²) in [6, 6.07) is 10.5. The fourth-order valence-electron chi connectivity index (χ4n) is 5.61. The van der Waals surface area contributed by atoms with Crippen LogP contribution >= 0.6 is 12.4 Å². The van der Waals surface area contributed by atoms with Crippen molar-refractivity contribution in [3.05, 3.63) is 35.9 Å². The van der Waals surface area contributed by atoms with Gasteiger partial charge in [-0.1, -0.05) is 51.1 Å². The number of carbonyl (C=O) groups excluding carboxylic acids is 2. The zero-order valence-corrected chi connectivity index (χ0v) is 19.7. The van der Waals surface area contributed by atoms with E-state index in [1.54, 1.807) is 0 Å². The molecule has 6 nitrogen and oxygen atoms in total. The number of piperazine rings is 1. The van der Waals surface area contributed by atoms with Gasteiger partial charge in [0.15, 0.2) is 0 Å². The van der Waals surface area contributed by atoms with Gasteiger partial charge in [-0.2, -0.15) is 0 Å². The maximum Gasteiger partial charge on any atom is 0.235 e.